The number of hydrogen-bond donors (Lipinski definition) is 0. The fourth-order valence-corrected chi connectivity index (χ4v) is 6.47. The van der Waals surface area contributed by atoms with Crippen LogP contribution in [0, 0.1) is 5.41 Å². The topological polar surface area (TPSA) is 80.3 Å². The van der Waals surface area contributed by atoms with Crippen LogP contribution in [0.3, 0.4) is 0 Å². The van der Waals surface area contributed by atoms with Gasteiger partial charge < -0.3 is 24.0 Å². The van der Waals surface area contributed by atoms with Crippen LogP contribution in [0.25, 0.3) is 11.3 Å². The van der Waals surface area contributed by atoms with Crippen LogP contribution in [0.15, 0.2) is 36.7 Å². The minimum absolute atomic E-state index is 0.0420. The molecule has 1 aliphatic carbocycles. The second kappa shape index (κ2) is 10.6. The molecule has 37 heavy (non-hydrogen) atoms. The van der Waals surface area contributed by atoms with Gasteiger partial charge in [0.1, 0.15) is 11.9 Å². The molecule has 0 radical (unpaired) electrons. The van der Waals surface area contributed by atoms with Crippen molar-refractivity contribution in [3.63, 3.8) is 0 Å². The summed E-state index contributed by atoms with van der Waals surface area (Å²) in [6.45, 7) is 9.84. The van der Waals surface area contributed by atoms with E-state index in [2.05, 4.69) is 28.0 Å². The Hall–Kier alpha value is -2.75. The number of nitrogens with zero attached hydrogens (tertiary/aromatic N) is 5. The standard InChI is InChI=1S/C28H37N5O4/c1-2-36-27(34)33-19-28(20-33)8-7-22(16-28)31-10-12-32(13-11-31)26-23(4-3-9-29-26)24-6-5-21(17-30-24)25-18-35-14-15-37-25/h3-6,9,17,22,25H,2,7-8,10-16,18-20H2,1H3/t22-,25?/m1/s1. The van der Waals surface area contributed by atoms with E-state index in [9.17, 15) is 4.79 Å². The number of anilines is 1. The van der Waals surface area contributed by atoms with Gasteiger partial charge in [-0.1, -0.05) is 6.07 Å². The number of pyridine rings is 2. The van der Waals surface area contributed by atoms with E-state index in [1.54, 1.807) is 0 Å². The third-order valence-electron chi connectivity index (χ3n) is 8.42. The molecule has 1 unspecified atom stereocenters. The van der Waals surface area contributed by atoms with Crippen LogP contribution in [-0.4, -0.2) is 97.6 Å². The fourth-order valence-electron chi connectivity index (χ4n) is 6.47. The van der Waals surface area contributed by atoms with Crippen molar-refractivity contribution in [2.45, 2.75) is 38.3 Å². The van der Waals surface area contributed by atoms with E-state index < -0.39 is 0 Å². The Morgan fingerprint density at radius 3 is 2.73 bits per heavy atom. The Bertz CT molecular complexity index is 1080. The molecule has 2 aromatic heterocycles. The van der Waals surface area contributed by atoms with E-state index in [0.717, 1.165) is 61.9 Å². The predicted octanol–water partition coefficient (Wildman–Crippen LogP) is 3.36. The molecule has 3 saturated heterocycles. The smallest absolute Gasteiger partial charge is 0.409 e. The van der Waals surface area contributed by atoms with Crippen LogP contribution in [0.4, 0.5) is 10.6 Å². The molecule has 3 aliphatic heterocycles. The molecule has 4 aliphatic rings. The van der Waals surface area contributed by atoms with Crippen molar-refractivity contribution in [3.8, 4) is 11.3 Å². The van der Waals surface area contributed by atoms with E-state index >= 15 is 0 Å². The molecular weight excluding hydrogens is 470 g/mol. The molecule has 4 fully saturated rings. The third-order valence-corrected chi connectivity index (χ3v) is 8.42. The van der Waals surface area contributed by atoms with Crippen LogP contribution in [0.2, 0.25) is 0 Å². The summed E-state index contributed by atoms with van der Waals surface area (Å²) in [4.78, 5) is 28.5. The van der Waals surface area contributed by atoms with Gasteiger partial charge in [0.15, 0.2) is 0 Å². The van der Waals surface area contributed by atoms with Gasteiger partial charge in [0.25, 0.3) is 0 Å². The molecule has 1 saturated carbocycles. The van der Waals surface area contributed by atoms with Crippen LogP contribution < -0.4 is 4.90 Å². The number of rotatable bonds is 5. The Balaban J connectivity index is 1.06. The molecule has 2 atom stereocenters. The highest BCUT2D eigenvalue weighted by Crippen LogP contribution is 2.47. The Morgan fingerprint density at radius 1 is 1.14 bits per heavy atom. The molecule has 1 amide bonds. The van der Waals surface area contributed by atoms with E-state index in [4.69, 9.17) is 24.2 Å². The molecule has 198 valence electrons. The number of amides is 1. The van der Waals surface area contributed by atoms with Gasteiger partial charge in [-0.05, 0) is 44.4 Å². The monoisotopic (exact) mass is 507 g/mol. The van der Waals surface area contributed by atoms with Gasteiger partial charge in [-0.25, -0.2) is 9.78 Å². The SMILES string of the molecule is CCOC(=O)N1CC2(CC[C@@H](N3CCN(c4ncccc4-c4ccc(C5COCCO5)cn4)CC3)C2)C1. The molecule has 1 spiro atoms. The maximum Gasteiger partial charge on any atom is 0.409 e. The van der Waals surface area contributed by atoms with Gasteiger partial charge in [0, 0.05) is 74.2 Å². The van der Waals surface area contributed by atoms with E-state index in [0.29, 0.717) is 37.9 Å². The number of aromatic nitrogens is 2. The first kappa shape index (κ1) is 24.6. The highest BCUT2D eigenvalue weighted by molar-refractivity contribution is 5.73. The largest absolute Gasteiger partial charge is 0.450 e. The molecule has 0 bridgehead atoms. The summed E-state index contributed by atoms with van der Waals surface area (Å²) in [7, 11) is 0. The second-order valence-electron chi connectivity index (χ2n) is 10.8. The van der Waals surface area contributed by atoms with Crippen molar-refractivity contribution < 1.29 is 19.0 Å². The number of likely N-dealkylation sites (tertiary alicyclic amines) is 1. The Kier molecular flexibility index (Phi) is 7.01. The average molecular weight is 508 g/mol. The summed E-state index contributed by atoms with van der Waals surface area (Å²) < 4.78 is 16.5. The predicted molar refractivity (Wildman–Crippen MR) is 139 cm³/mol. The van der Waals surface area contributed by atoms with Gasteiger partial charge >= 0.3 is 6.09 Å². The van der Waals surface area contributed by atoms with Crippen molar-refractivity contribution in [3.05, 3.63) is 42.2 Å². The number of carbonyl (C=O) groups is 1. The van der Waals surface area contributed by atoms with E-state index in [-0.39, 0.29) is 12.2 Å². The molecule has 0 aromatic carbocycles. The summed E-state index contributed by atoms with van der Waals surface area (Å²) >= 11 is 0. The number of piperazine rings is 1. The quantitative estimate of drug-likeness (QED) is 0.610. The number of carbonyl (C=O) groups excluding carboxylic acids is 1. The van der Waals surface area contributed by atoms with Gasteiger partial charge in [-0.15, -0.1) is 0 Å². The molecule has 9 heteroatoms. The summed E-state index contributed by atoms with van der Waals surface area (Å²) in [5.74, 6) is 1.01. The van der Waals surface area contributed by atoms with Crippen LogP contribution >= 0.6 is 0 Å². The molecule has 2 aromatic rings. The van der Waals surface area contributed by atoms with Crippen molar-refractivity contribution in [1.29, 1.82) is 0 Å². The molecule has 6 rings (SSSR count). The van der Waals surface area contributed by atoms with Crippen molar-refractivity contribution in [2.24, 2.45) is 5.41 Å². The summed E-state index contributed by atoms with van der Waals surface area (Å²) in [6, 6.07) is 8.87. The highest BCUT2D eigenvalue weighted by Gasteiger charge is 2.51. The lowest BCUT2D eigenvalue weighted by Crippen LogP contribution is -2.58. The zero-order valence-corrected chi connectivity index (χ0v) is 21.7. The average Bonchev–Trinajstić information content (AvgIpc) is 3.39. The van der Waals surface area contributed by atoms with Crippen molar-refractivity contribution in [1.82, 2.24) is 19.8 Å². The van der Waals surface area contributed by atoms with E-state index in [1.165, 1.54) is 19.3 Å². The first-order chi connectivity index (χ1) is 18.1. The third kappa shape index (κ3) is 5.04. The lowest BCUT2D eigenvalue weighted by Gasteiger charge is -2.48. The zero-order valence-electron chi connectivity index (χ0n) is 21.7. The maximum absolute atomic E-state index is 12.0. The van der Waals surface area contributed by atoms with Crippen molar-refractivity contribution in [2.75, 3.05) is 70.6 Å². The first-order valence-corrected chi connectivity index (χ1v) is 13.7. The van der Waals surface area contributed by atoms with E-state index in [1.807, 2.05) is 30.3 Å². The van der Waals surface area contributed by atoms with Crippen LogP contribution in [0.5, 0.6) is 0 Å². The highest BCUT2D eigenvalue weighted by atomic mass is 16.6. The second-order valence-corrected chi connectivity index (χ2v) is 10.8. The van der Waals surface area contributed by atoms with Gasteiger partial charge in [-0.3, -0.25) is 9.88 Å². The van der Waals surface area contributed by atoms with Crippen molar-refractivity contribution >= 4 is 11.9 Å². The lowest BCUT2D eigenvalue weighted by molar-refractivity contribution is -0.0902. The Labute approximate surface area is 218 Å². The van der Waals surface area contributed by atoms with Gasteiger partial charge in [0.2, 0.25) is 0 Å². The normalized spacial score (nSPS) is 25.8. The molecule has 9 nitrogen and oxygen atoms in total. The first-order valence-electron chi connectivity index (χ1n) is 13.7. The van der Waals surface area contributed by atoms with Crippen LogP contribution in [0.1, 0.15) is 37.9 Å². The minimum Gasteiger partial charge on any atom is -0.450 e. The summed E-state index contributed by atoms with van der Waals surface area (Å²) in [6.07, 6.45) is 7.19. The summed E-state index contributed by atoms with van der Waals surface area (Å²) in [5.41, 5.74) is 3.35. The van der Waals surface area contributed by atoms with Gasteiger partial charge in [-0.2, -0.15) is 0 Å². The number of hydrogen-bond acceptors (Lipinski definition) is 8. The zero-order chi connectivity index (χ0) is 25.2. The summed E-state index contributed by atoms with van der Waals surface area (Å²) in [5, 5.41) is 0. The van der Waals surface area contributed by atoms with Gasteiger partial charge in [0.05, 0.1) is 32.1 Å². The van der Waals surface area contributed by atoms with Crippen LogP contribution in [-0.2, 0) is 14.2 Å². The lowest BCUT2D eigenvalue weighted by atomic mass is 9.78. The maximum atomic E-state index is 12.0. The Morgan fingerprint density at radius 2 is 2.00 bits per heavy atom. The number of ether oxygens (including phenoxy) is 3. The molecule has 5 heterocycles. The molecular formula is C28H37N5O4. The fraction of sp³-hybridized carbons (Fsp3) is 0.607. The molecule has 0 N–H and O–H groups in total. The minimum atomic E-state index is -0.156.